The topological polar surface area (TPSA) is 41.1 Å². The first-order valence-corrected chi connectivity index (χ1v) is 7.65. The van der Waals surface area contributed by atoms with Crippen molar-refractivity contribution in [1.82, 2.24) is 10.6 Å². The number of carbonyl (C=O) groups excluding carboxylic acids is 1. The lowest BCUT2D eigenvalue weighted by molar-refractivity contribution is -0.124. The third kappa shape index (κ3) is 3.80. The second-order valence-corrected chi connectivity index (χ2v) is 6.24. The molecule has 0 bridgehead atoms. The van der Waals surface area contributed by atoms with Crippen molar-refractivity contribution < 1.29 is 4.79 Å². The number of rotatable bonds is 3. The Labute approximate surface area is 123 Å². The van der Waals surface area contributed by atoms with Crippen LogP contribution in [0.2, 0.25) is 0 Å². The van der Waals surface area contributed by atoms with Gasteiger partial charge >= 0.3 is 0 Å². The molecule has 3 nitrogen and oxygen atoms in total. The van der Waals surface area contributed by atoms with Gasteiger partial charge in [0.25, 0.3) is 0 Å². The van der Waals surface area contributed by atoms with Gasteiger partial charge in [0, 0.05) is 4.47 Å². The standard InChI is InChI=1S/C15H21BrN2O/c1-10-7-8-17-14(9-10)15(19)18-11(2)12-5-3-4-6-13(12)16/h3-6,10-11,14,17H,7-9H2,1-2H3,(H,18,19)/t10?,11-,14?/m1/s1. The molecule has 19 heavy (non-hydrogen) atoms. The van der Waals surface area contributed by atoms with Gasteiger partial charge in [0.15, 0.2) is 0 Å². The lowest BCUT2D eigenvalue weighted by Crippen LogP contribution is -2.48. The van der Waals surface area contributed by atoms with E-state index in [0.29, 0.717) is 5.92 Å². The number of halogens is 1. The molecule has 1 amide bonds. The van der Waals surface area contributed by atoms with Crippen LogP contribution in [0.25, 0.3) is 0 Å². The highest BCUT2D eigenvalue weighted by Crippen LogP contribution is 2.23. The molecule has 1 heterocycles. The van der Waals surface area contributed by atoms with Crippen LogP contribution in [-0.2, 0) is 4.79 Å². The van der Waals surface area contributed by atoms with Gasteiger partial charge in [0.2, 0.25) is 5.91 Å². The lowest BCUT2D eigenvalue weighted by Gasteiger charge is -2.28. The molecular weight excluding hydrogens is 304 g/mol. The summed E-state index contributed by atoms with van der Waals surface area (Å²) in [5.74, 6) is 0.727. The Hall–Kier alpha value is -0.870. The Morgan fingerprint density at radius 2 is 2.21 bits per heavy atom. The lowest BCUT2D eigenvalue weighted by atomic mass is 9.93. The molecule has 2 N–H and O–H groups in total. The summed E-state index contributed by atoms with van der Waals surface area (Å²) >= 11 is 3.53. The van der Waals surface area contributed by atoms with Crippen molar-refractivity contribution in [3.63, 3.8) is 0 Å². The largest absolute Gasteiger partial charge is 0.348 e. The molecule has 2 unspecified atom stereocenters. The number of benzene rings is 1. The fourth-order valence-corrected chi connectivity index (χ4v) is 3.15. The fraction of sp³-hybridized carbons (Fsp3) is 0.533. The molecule has 1 aromatic carbocycles. The van der Waals surface area contributed by atoms with E-state index in [1.54, 1.807) is 0 Å². The third-order valence-corrected chi connectivity index (χ3v) is 4.44. The van der Waals surface area contributed by atoms with Crippen LogP contribution in [0.5, 0.6) is 0 Å². The van der Waals surface area contributed by atoms with E-state index in [1.165, 1.54) is 0 Å². The Morgan fingerprint density at radius 1 is 1.47 bits per heavy atom. The first-order chi connectivity index (χ1) is 9.08. The van der Waals surface area contributed by atoms with Crippen LogP contribution in [0.3, 0.4) is 0 Å². The van der Waals surface area contributed by atoms with Crippen LogP contribution in [0.4, 0.5) is 0 Å². The SMILES string of the molecule is CC1CCNC(C(=O)N[C@H](C)c2ccccc2Br)C1. The van der Waals surface area contributed by atoms with E-state index in [1.807, 2.05) is 31.2 Å². The van der Waals surface area contributed by atoms with Crippen LogP contribution in [-0.4, -0.2) is 18.5 Å². The van der Waals surface area contributed by atoms with Gasteiger partial charge in [-0.05, 0) is 43.9 Å². The van der Waals surface area contributed by atoms with Crippen LogP contribution in [0.15, 0.2) is 28.7 Å². The second-order valence-electron chi connectivity index (χ2n) is 5.39. The normalized spacial score (nSPS) is 24.8. The van der Waals surface area contributed by atoms with Gasteiger partial charge in [-0.2, -0.15) is 0 Å². The summed E-state index contributed by atoms with van der Waals surface area (Å²) < 4.78 is 1.03. The molecule has 4 heteroatoms. The van der Waals surface area contributed by atoms with Crippen molar-refractivity contribution in [2.75, 3.05) is 6.54 Å². The van der Waals surface area contributed by atoms with E-state index in [2.05, 4.69) is 33.5 Å². The van der Waals surface area contributed by atoms with Crippen molar-refractivity contribution in [2.24, 2.45) is 5.92 Å². The Bertz CT molecular complexity index is 450. The predicted octanol–water partition coefficient (Wildman–Crippen LogP) is 3.01. The number of piperidine rings is 1. The van der Waals surface area contributed by atoms with Crippen molar-refractivity contribution in [3.8, 4) is 0 Å². The smallest absolute Gasteiger partial charge is 0.237 e. The highest BCUT2D eigenvalue weighted by Gasteiger charge is 2.25. The van der Waals surface area contributed by atoms with Gasteiger partial charge in [-0.3, -0.25) is 4.79 Å². The number of amides is 1. The first kappa shape index (κ1) is 14.5. The number of carbonyl (C=O) groups is 1. The Kier molecular flexibility index (Phi) is 4.99. The Balaban J connectivity index is 1.97. The summed E-state index contributed by atoms with van der Waals surface area (Å²) in [6.45, 7) is 5.16. The number of hydrogen-bond donors (Lipinski definition) is 2. The molecule has 1 aliphatic rings. The van der Waals surface area contributed by atoms with Gasteiger partial charge in [0.1, 0.15) is 0 Å². The van der Waals surface area contributed by atoms with E-state index < -0.39 is 0 Å². The van der Waals surface area contributed by atoms with E-state index in [4.69, 9.17) is 0 Å². The summed E-state index contributed by atoms with van der Waals surface area (Å²) in [6.07, 6.45) is 2.08. The number of hydrogen-bond acceptors (Lipinski definition) is 2. The maximum atomic E-state index is 12.2. The molecule has 0 aromatic heterocycles. The molecule has 0 radical (unpaired) electrons. The van der Waals surface area contributed by atoms with Crippen LogP contribution in [0, 0.1) is 5.92 Å². The van der Waals surface area contributed by atoms with Crippen molar-refractivity contribution in [3.05, 3.63) is 34.3 Å². The molecule has 1 aliphatic heterocycles. The molecule has 1 aromatic rings. The van der Waals surface area contributed by atoms with Crippen LogP contribution < -0.4 is 10.6 Å². The van der Waals surface area contributed by atoms with Crippen LogP contribution >= 0.6 is 15.9 Å². The van der Waals surface area contributed by atoms with Crippen molar-refractivity contribution >= 4 is 21.8 Å². The summed E-state index contributed by atoms with van der Waals surface area (Å²) in [4.78, 5) is 12.2. The minimum absolute atomic E-state index is 0.0158. The average Bonchev–Trinajstić information content (AvgIpc) is 2.39. The highest BCUT2D eigenvalue weighted by molar-refractivity contribution is 9.10. The van der Waals surface area contributed by atoms with Gasteiger partial charge < -0.3 is 10.6 Å². The summed E-state index contributed by atoms with van der Waals surface area (Å²) in [6, 6.07) is 7.97. The molecular formula is C15H21BrN2O. The molecule has 104 valence electrons. The van der Waals surface area contributed by atoms with Gasteiger partial charge in [-0.1, -0.05) is 41.1 Å². The monoisotopic (exact) mass is 324 g/mol. The van der Waals surface area contributed by atoms with Gasteiger partial charge in [0.05, 0.1) is 12.1 Å². The van der Waals surface area contributed by atoms with E-state index >= 15 is 0 Å². The first-order valence-electron chi connectivity index (χ1n) is 6.86. The quantitative estimate of drug-likeness (QED) is 0.897. The maximum Gasteiger partial charge on any atom is 0.237 e. The molecule has 0 saturated carbocycles. The molecule has 0 aliphatic carbocycles. The molecule has 3 atom stereocenters. The Morgan fingerprint density at radius 3 is 2.89 bits per heavy atom. The summed E-state index contributed by atoms with van der Waals surface area (Å²) in [5, 5.41) is 6.39. The summed E-state index contributed by atoms with van der Waals surface area (Å²) in [5.41, 5.74) is 1.11. The average molecular weight is 325 g/mol. The molecule has 2 rings (SSSR count). The van der Waals surface area contributed by atoms with Crippen molar-refractivity contribution in [2.45, 2.75) is 38.8 Å². The van der Waals surface area contributed by atoms with E-state index in [9.17, 15) is 4.79 Å². The van der Waals surface area contributed by atoms with Gasteiger partial charge in [-0.25, -0.2) is 0 Å². The zero-order valence-electron chi connectivity index (χ0n) is 11.4. The highest BCUT2D eigenvalue weighted by atomic mass is 79.9. The van der Waals surface area contributed by atoms with Crippen LogP contribution in [0.1, 0.15) is 38.3 Å². The molecule has 1 saturated heterocycles. The summed E-state index contributed by atoms with van der Waals surface area (Å²) in [7, 11) is 0. The molecule has 0 spiro atoms. The number of nitrogens with one attached hydrogen (secondary N) is 2. The van der Waals surface area contributed by atoms with E-state index in [0.717, 1.165) is 29.4 Å². The maximum absolute atomic E-state index is 12.2. The minimum atomic E-state index is -0.0475. The van der Waals surface area contributed by atoms with E-state index in [-0.39, 0.29) is 18.0 Å². The second kappa shape index (κ2) is 6.53. The zero-order valence-corrected chi connectivity index (χ0v) is 13.0. The van der Waals surface area contributed by atoms with Gasteiger partial charge in [-0.15, -0.1) is 0 Å². The minimum Gasteiger partial charge on any atom is -0.348 e. The zero-order chi connectivity index (χ0) is 13.8. The third-order valence-electron chi connectivity index (χ3n) is 3.71. The van der Waals surface area contributed by atoms with Crippen molar-refractivity contribution in [1.29, 1.82) is 0 Å². The predicted molar refractivity (Wildman–Crippen MR) is 80.9 cm³/mol. The fourth-order valence-electron chi connectivity index (χ4n) is 2.53. The molecule has 1 fully saturated rings.